The summed E-state index contributed by atoms with van der Waals surface area (Å²) in [7, 11) is 1.63. The van der Waals surface area contributed by atoms with Crippen LogP contribution >= 0.6 is 11.3 Å². The van der Waals surface area contributed by atoms with Gasteiger partial charge < -0.3 is 14.4 Å². The number of pyridine rings is 1. The molecule has 158 valence electrons. The summed E-state index contributed by atoms with van der Waals surface area (Å²) in [5.74, 6) is 1.33. The van der Waals surface area contributed by atoms with Gasteiger partial charge in [-0.25, -0.2) is 0 Å². The lowest BCUT2D eigenvalue weighted by Gasteiger charge is -2.22. The van der Waals surface area contributed by atoms with Gasteiger partial charge in [0, 0.05) is 29.5 Å². The molecule has 0 aliphatic rings. The molecule has 2 aromatic heterocycles. The number of nitrogens with zero attached hydrogens (tertiary/aromatic N) is 2. The molecule has 0 unspecified atom stereocenters. The Morgan fingerprint density at radius 2 is 1.94 bits per heavy atom. The standard InChI is InChI=1S/C25H24N2O3S/c1-3-27(25(28)21-12-13-26-22-9-5-4-8-20(21)22)16-18-10-11-23(24(15-18)29-2)30-17-19-7-6-14-31-19/h4-15H,3,16-17H2,1-2H3. The van der Waals surface area contributed by atoms with E-state index < -0.39 is 0 Å². The maximum atomic E-state index is 13.3. The maximum Gasteiger partial charge on any atom is 0.254 e. The fraction of sp³-hybridized carbons (Fsp3) is 0.200. The predicted octanol–water partition coefficient (Wildman–Crippen LogP) is 5.55. The van der Waals surface area contributed by atoms with Crippen molar-refractivity contribution < 1.29 is 14.3 Å². The number of rotatable bonds is 8. The molecule has 2 aromatic carbocycles. The van der Waals surface area contributed by atoms with Crippen LogP contribution in [-0.2, 0) is 13.2 Å². The van der Waals surface area contributed by atoms with Crippen LogP contribution in [0.3, 0.4) is 0 Å². The SMILES string of the molecule is CCN(Cc1ccc(OCc2cccs2)c(OC)c1)C(=O)c1ccnc2ccccc12. The Kier molecular flexibility index (Phi) is 6.48. The van der Waals surface area contributed by atoms with E-state index >= 15 is 0 Å². The summed E-state index contributed by atoms with van der Waals surface area (Å²) in [6.45, 7) is 3.56. The van der Waals surface area contributed by atoms with Crippen molar-refractivity contribution in [2.75, 3.05) is 13.7 Å². The van der Waals surface area contributed by atoms with Crippen molar-refractivity contribution >= 4 is 28.1 Å². The minimum absolute atomic E-state index is 0.0157. The average molecular weight is 433 g/mol. The number of carbonyl (C=O) groups is 1. The van der Waals surface area contributed by atoms with E-state index in [1.54, 1.807) is 30.7 Å². The minimum atomic E-state index is -0.0157. The molecule has 4 aromatic rings. The number of ether oxygens (including phenoxy) is 2. The zero-order chi connectivity index (χ0) is 21.6. The topological polar surface area (TPSA) is 51.7 Å². The summed E-state index contributed by atoms with van der Waals surface area (Å²) < 4.78 is 11.5. The first-order valence-electron chi connectivity index (χ1n) is 10.1. The van der Waals surface area contributed by atoms with Crippen molar-refractivity contribution in [1.82, 2.24) is 9.88 Å². The number of fused-ring (bicyclic) bond motifs is 1. The first-order chi connectivity index (χ1) is 15.2. The molecule has 0 radical (unpaired) electrons. The van der Waals surface area contributed by atoms with Gasteiger partial charge in [-0.3, -0.25) is 9.78 Å². The zero-order valence-corrected chi connectivity index (χ0v) is 18.4. The van der Waals surface area contributed by atoms with E-state index in [0.29, 0.717) is 36.8 Å². The highest BCUT2D eigenvalue weighted by Gasteiger charge is 2.18. The molecule has 2 heterocycles. The van der Waals surface area contributed by atoms with Gasteiger partial charge in [0.15, 0.2) is 11.5 Å². The third-order valence-corrected chi connectivity index (χ3v) is 5.95. The van der Waals surface area contributed by atoms with Crippen molar-refractivity contribution in [3.05, 3.63) is 88.2 Å². The van der Waals surface area contributed by atoms with Crippen LogP contribution in [0.25, 0.3) is 10.9 Å². The van der Waals surface area contributed by atoms with Crippen molar-refractivity contribution in [1.29, 1.82) is 0 Å². The molecule has 4 rings (SSSR count). The van der Waals surface area contributed by atoms with Gasteiger partial charge >= 0.3 is 0 Å². The van der Waals surface area contributed by atoms with E-state index in [4.69, 9.17) is 9.47 Å². The summed E-state index contributed by atoms with van der Waals surface area (Å²) in [6, 6.07) is 19.4. The normalized spacial score (nSPS) is 10.8. The maximum absolute atomic E-state index is 13.3. The zero-order valence-electron chi connectivity index (χ0n) is 17.6. The van der Waals surface area contributed by atoms with Crippen LogP contribution in [0.2, 0.25) is 0 Å². The molecule has 0 spiro atoms. The third-order valence-electron chi connectivity index (χ3n) is 5.10. The molecule has 0 N–H and O–H groups in total. The molecule has 0 aliphatic carbocycles. The molecule has 6 heteroatoms. The molecule has 0 aliphatic heterocycles. The summed E-state index contributed by atoms with van der Waals surface area (Å²) in [5.41, 5.74) is 2.46. The van der Waals surface area contributed by atoms with E-state index in [1.165, 1.54) is 0 Å². The summed E-state index contributed by atoms with van der Waals surface area (Å²) in [6.07, 6.45) is 1.69. The van der Waals surface area contributed by atoms with Crippen molar-refractivity contribution in [2.24, 2.45) is 0 Å². The van der Waals surface area contributed by atoms with Crippen LogP contribution in [0.4, 0.5) is 0 Å². The van der Waals surface area contributed by atoms with E-state index in [1.807, 2.05) is 71.8 Å². The van der Waals surface area contributed by atoms with Gasteiger partial charge in [0.25, 0.3) is 5.91 Å². The second-order valence-electron chi connectivity index (χ2n) is 7.05. The van der Waals surface area contributed by atoms with Crippen molar-refractivity contribution in [3.8, 4) is 11.5 Å². The van der Waals surface area contributed by atoms with Gasteiger partial charge in [-0.1, -0.05) is 30.3 Å². The van der Waals surface area contributed by atoms with Crippen LogP contribution in [0, 0.1) is 0 Å². The molecule has 0 atom stereocenters. The third kappa shape index (κ3) is 4.70. The molecule has 0 saturated heterocycles. The predicted molar refractivity (Wildman–Crippen MR) is 124 cm³/mol. The van der Waals surface area contributed by atoms with Crippen LogP contribution in [0.15, 0.2) is 72.2 Å². The van der Waals surface area contributed by atoms with Crippen molar-refractivity contribution in [3.63, 3.8) is 0 Å². The molecule has 0 bridgehead atoms. The van der Waals surface area contributed by atoms with Gasteiger partial charge in [-0.2, -0.15) is 0 Å². The fourth-order valence-corrected chi connectivity index (χ4v) is 4.09. The summed E-state index contributed by atoms with van der Waals surface area (Å²) in [5, 5.41) is 2.89. The van der Waals surface area contributed by atoms with E-state index in [2.05, 4.69) is 4.98 Å². The monoisotopic (exact) mass is 432 g/mol. The number of amides is 1. The number of aromatic nitrogens is 1. The Morgan fingerprint density at radius 3 is 2.71 bits per heavy atom. The lowest BCUT2D eigenvalue weighted by atomic mass is 10.1. The van der Waals surface area contributed by atoms with Crippen LogP contribution < -0.4 is 9.47 Å². The number of para-hydroxylation sites is 1. The lowest BCUT2D eigenvalue weighted by molar-refractivity contribution is 0.0754. The van der Waals surface area contributed by atoms with Crippen LogP contribution in [-0.4, -0.2) is 29.4 Å². The fourth-order valence-electron chi connectivity index (χ4n) is 3.47. The smallest absolute Gasteiger partial charge is 0.254 e. The second-order valence-corrected chi connectivity index (χ2v) is 8.08. The Hall–Kier alpha value is -3.38. The summed E-state index contributed by atoms with van der Waals surface area (Å²) >= 11 is 1.66. The first kappa shape index (κ1) is 20.9. The highest BCUT2D eigenvalue weighted by atomic mass is 32.1. The summed E-state index contributed by atoms with van der Waals surface area (Å²) in [4.78, 5) is 20.6. The Bertz CT molecular complexity index is 1170. The number of hydrogen-bond acceptors (Lipinski definition) is 5. The number of thiophene rings is 1. The molecular weight excluding hydrogens is 408 g/mol. The Morgan fingerprint density at radius 1 is 1.06 bits per heavy atom. The van der Waals surface area contributed by atoms with Crippen LogP contribution in [0.1, 0.15) is 27.7 Å². The highest BCUT2D eigenvalue weighted by Crippen LogP contribution is 2.30. The molecule has 0 saturated carbocycles. The number of methoxy groups -OCH3 is 1. The largest absolute Gasteiger partial charge is 0.493 e. The van der Waals surface area contributed by atoms with Crippen LogP contribution in [0.5, 0.6) is 11.5 Å². The van der Waals surface area contributed by atoms with E-state index in [0.717, 1.165) is 21.3 Å². The van der Waals surface area contributed by atoms with Gasteiger partial charge in [-0.15, -0.1) is 11.3 Å². The molecule has 5 nitrogen and oxygen atoms in total. The minimum Gasteiger partial charge on any atom is -0.493 e. The van der Waals surface area contributed by atoms with E-state index in [9.17, 15) is 4.79 Å². The quantitative estimate of drug-likeness (QED) is 0.366. The molecular formula is C25H24N2O3S. The highest BCUT2D eigenvalue weighted by molar-refractivity contribution is 7.09. The van der Waals surface area contributed by atoms with E-state index in [-0.39, 0.29) is 5.91 Å². The first-order valence-corrected chi connectivity index (χ1v) is 11.0. The molecule has 1 amide bonds. The Labute approximate surface area is 185 Å². The number of hydrogen-bond donors (Lipinski definition) is 0. The van der Waals surface area contributed by atoms with Gasteiger partial charge in [0.2, 0.25) is 0 Å². The van der Waals surface area contributed by atoms with Gasteiger partial charge in [0.05, 0.1) is 18.2 Å². The average Bonchev–Trinajstić information content (AvgIpc) is 3.34. The molecule has 0 fully saturated rings. The van der Waals surface area contributed by atoms with Gasteiger partial charge in [-0.05, 0) is 48.2 Å². The number of carbonyl (C=O) groups excluding carboxylic acids is 1. The lowest BCUT2D eigenvalue weighted by Crippen LogP contribution is -2.30. The van der Waals surface area contributed by atoms with Gasteiger partial charge in [0.1, 0.15) is 6.61 Å². The van der Waals surface area contributed by atoms with Crippen molar-refractivity contribution in [2.45, 2.75) is 20.1 Å². The number of benzene rings is 2. The second kappa shape index (κ2) is 9.62. The Balaban J connectivity index is 1.53. The molecule has 31 heavy (non-hydrogen) atoms.